The fourth-order valence-corrected chi connectivity index (χ4v) is 2.07. The lowest BCUT2D eigenvalue weighted by molar-refractivity contribution is 0.205. The Morgan fingerprint density at radius 1 is 1.47 bits per heavy atom. The maximum Gasteiger partial charge on any atom is 0.101 e. The van der Waals surface area contributed by atoms with Gasteiger partial charge in [0.15, 0.2) is 0 Å². The fourth-order valence-electron chi connectivity index (χ4n) is 2.07. The molecule has 0 heterocycles. The van der Waals surface area contributed by atoms with Crippen molar-refractivity contribution >= 4 is 5.69 Å². The van der Waals surface area contributed by atoms with Crippen LogP contribution in [0.1, 0.15) is 24.0 Å². The van der Waals surface area contributed by atoms with Gasteiger partial charge in [-0.25, -0.2) is 0 Å². The van der Waals surface area contributed by atoms with Gasteiger partial charge in [-0.3, -0.25) is 0 Å². The molecule has 1 fully saturated rings. The molecule has 3 nitrogen and oxygen atoms in total. The zero-order valence-electron chi connectivity index (χ0n) is 10.4. The van der Waals surface area contributed by atoms with Crippen molar-refractivity contribution in [3.63, 3.8) is 0 Å². The zero-order valence-corrected chi connectivity index (χ0v) is 10.4. The molecule has 1 aliphatic rings. The Kier molecular flexibility index (Phi) is 3.65. The highest BCUT2D eigenvalue weighted by Crippen LogP contribution is 2.33. The third-order valence-electron chi connectivity index (χ3n) is 3.11. The summed E-state index contributed by atoms with van der Waals surface area (Å²) in [5.41, 5.74) is 2.96. The van der Waals surface area contributed by atoms with Crippen LogP contribution in [0.5, 0.6) is 0 Å². The summed E-state index contributed by atoms with van der Waals surface area (Å²) in [6.45, 7) is 3.58. The molecular formula is C14H18N2O. The number of hydrogen-bond donors (Lipinski definition) is 0. The SMILES string of the molecule is COCCN(c1ccc(C)cc1C#N)C1CC1. The van der Waals surface area contributed by atoms with Crippen LogP contribution in [0.3, 0.4) is 0 Å². The Balaban J connectivity index is 2.25. The number of anilines is 1. The van der Waals surface area contributed by atoms with Crippen molar-refractivity contribution in [2.24, 2.45) is 0 Å². The van der Waals surface area contributed by atoms with Crippen LogP contribution in [0.2, 0.25) is 0 Å². The van der Waals surface area contributed by atoms with E-state index in [2.05, 4.69) is 23.1 Å². The van der Waals surface area contributed by atoms with Gasteiger partial charge in [-0.05, 0) is 37.5 Å². The molecule has 0 aliphatic heterocycles. The van der Waals surface area contributed by atoms with Gasteiger partial charge in [-0.2, -0.15) is 5.26 Å². The molecule has 1 saturated carbocycles. The average Bonchev–Trinajstić information content (AvgIpc) is 3.15. The Morgan fingerprint density at radius 3 is 2.82 bits per heavy atom. The van der Waals surface area contributed by atoms with E-state index in [0.29, 0.717) is 12.6 Å². The van der Waals surface area contributed by atoms with Gasteiger partial charge in [0.05, 0.1) is 17.9 Å². The van der Waals surface area contributed by atoms with Gasteiger partial charge in [0.2, 0.25) is 0 Å². The molecule has 0 aromatic heterocycles. The van der Waals surface area contributed by atoms with Crippen molar-refractivity contribution in [1.82, 2.24) is 0 Å². The molecule has 0 unspecified atom stereocenters. The van der Waals surface area contributed by atoms with Gasteiger partial charge in [0, 0.05) is 19.7 Å². The summed E-state index contributed by atoms with van der Waals surface area (Å²) in [4.78, 5) is 2.31. The maximum atomic E-state index is 9.21. The van der Waals surface area contributed by atoms with Gasteiger partial charge in [-0.15, -0.1) is 0 Å². The first kappa shape index (κ1) is 11.9. The Labute approximate surface area is 103 Å². The largest absolute Gasteiger partial charge is 0.383 e. The highest BCUT2D eigenvalue weighted by atomic mass is 16.5. The molecule has 90 valence electrons. The molecule has 1 aromatic rings. The molecule has 0 N–H and O–H groups in total. The monoisotopic (exact) mass is 230 g/mol. The predicted molar refractivity (Wildman–Crippen MR) is 68.1 cm³/mol. The number of nitriles is 1. The van der Waals surface area contributed by atoms with Gasteiger partial charge in [-0.1, -0.05) is 6.07 Å². The lowest BCUT2D eigenvalue weighted by Crippen LogP contribution is -2.30. The molecule has 2 rings (SSSR count). The third-order valence-corrected chi connectivity index (χ3v) is 3.11. The van der Waals surface area contributed by atoms with Crippen LogP contribution in [0, 0.1) is 18.3 Å². The van der Waals surface area contributed by atoms with Crippen molar-refractivity contribution in [2.75, 3.05) is 25.2 Å². The van der Waals surface area contributed by atoms with Crippen LogP contribution < -0.4 is 4.90 Å². The average molecular weight is 230 g/mol. The Bertz CT molecular complexity index is 432. The second-order valence-corrected chi connectivity index (χ2v) is 4.55. The highest BCUT2D eigenvalue weighted by molar-refractivity contribution is 5.61. The van der Waals surface area contributed by atoms with E-state index in [1.54, 1.807) is 7.11 Å². The van der Waals surface area contributed by atoms with Crippen molar-refractivity contribution in [3.05, 3.63) is 29.3 Å². The van der Waals surface area contributed by atoms with Crippen molar-refractivity contribution < 1.29 is 4.74 Å². The smallest absolute Gasteiger partial charge is 0.101 e. The van der Waals surface area contributed by atoms with E-state index < -0.39 is 0 Å². The van der Waals surface area contributed by atoms with E-state index >= 15 is 0 Å². The Morgan fingerprint density at radius 2 is 2.24 bits per heavy atom. The van der Waals surface area contributed by atoms with E-state index in [1.165, 1.54) is 12.8 Å². The second-order valence-electron chi connectivity index (χ2n) is 4.55. The molecule has 0 amide bonds. The minimum absolute atomic E-state index is 0.597. The topological polar surface area (TPSA) is 36.3 Å². The van der Waals surface area contributed by atoms with E-state index in [4.69, 9.17) is 4.74 Å². The summed E-state index contributed by atoms with van der Waals surface area (Å²) in [5, 5.41) is 9.21. The number of benzene rings is 1. The number of aryl methyl sites for hydroxylation is 1. The molecule has 0 spiro atoms. The molecule has 0 radical (unpaired) electrons. The molecular weight excluding hydrogens is 212 g/mol. The van der Waals surface area contributed by atoms with Gasteiger partial charge in [0.25, 0.3) is 0 Å². The maximum absolute atomic E-state index is 9.21. The third kappa shape index (κ3) is 2.78. The quantitative estimate of drug-likeness (QED) is 0.779. The van der Waals surface area contributed by atoms with Gasteiger partial charge >= 0.3 is 0 Å². The van der Waals surface area contributed by atoms with Crippen LogP contribution in [-0.2, 0) is 4.74 Å². The molecule has 0 atom stereocenters. The summed E-state index contributed by atoms with van der Waals surface area (Å²) in [7, 11) is 1.71. The van der Waals surface area contributed by atoms with E-state index in [0.717, 1.165) is 23.4 Å². The minimum atomic E-state index is 0.597. The summed E-state index contributed by atoms with van der Waals surface area (Å²) in [6.07, 6.45) is 2.45. The van der Waals surface area contributed by atoms with Gasteiger partial charge < -0.3 is 9.64 Å². The molecule has 1 aliphatic carbocycles. The fraction of sp³-hybridized carbons (Fsp3) is 0.500. The summed E-state index contributed by atoms with van der Waals surface area (Å²) in [6, 6.07) is 8.97. The van der Waals surface area contributed by atoms with Crippen molar-refractivity contribution in [2.45, 2.75) is 25.8 Å². The van der Waals surface area contributed by atoms with E-state index in [-0.39, 0.29) is 0 Å². The molecule has 3 heteroatoms. The molecule has 1 aromatic carbocycles. The van der Waals surface area contributed by atoms with Crippen molar-refractivity contribution in [1.29, 1.82) is 5.26 Å². The molecule has 0 saturated heterocycles. The van der Waals surface area contributed by atoms with Crippen LogP contribution in [-0.4, -0.2) is 26.3 Å². The lowest BCUT2D eigenvalue weighted by atomic mass is 10.1. The van der Waals surface area contributed by atoms with Crippen LogP contribution in [0.25, 0.3) is 0 Å². The first-order valence-corrected chi connectivity index (χ1v) is 6.02. The minimum Gasteiger partial charge on any atom is -0.383 e. The molecule has 0 bridgehead atoms. The normalized spacial score (nSPS) is 14.4. The van der Waals surface area contributed by atoms with Crippen LogP contribution in [0.4, 0.5) is 5.69 Å². The van der Waals surface area contributed by atoms with Crippen LogP contribution >= 0.6 is 0 Å². The highest BCUT2D eigenvalue weighted by Gasteiger charge is 2.30. The van der Waals surface area contributed by atoms with E-state index in [9.17, 15) is 5.26 Å². The summed E-state index contributed by atoms with van der Waals surface area (Å²) >= 11 is 0. The lowest BCUT2D eigenvalue weighted by Gasteiger charge is -2.25. The number of hydrogen-bond acceptors (Lipinski definition) is 3. The zero-order chi connectivity index (χ0) is 12.3. The first-order valence-electron chi connectivity index (χ1n) is 6.02. The summed E-state index contributed by atoms with van der Waals surface area (Å²) in [5.74, 6) is 0. The van der Waals surface area contributed by atoms with Gasteiger partial charge in [0.1, 0.15) is 6.07 Å². The van der Waals surface area contributed by atoms with E-state index in [1.807, 2.05) is 13.0 Å². The van der Waals surface area contributed by atoms with Crippen molar-refractivity contribution in [3.8, 4) is 6.07 Å². The number of methoxy groups -OCH3 is 1. The summed E-state index contributed by atoms with van der Waals surface area (Å²) < 4.78 is 5.14. The number of ether oxygens (including phenoxy) is 1. The second kappa shape index (κ2) is 5.20. The Hall–Kier alpha value is -1.53. The number of rotatable bonds is 5. The first-order chi connectivity index (χ1) is 8.26. The number of nitrogens with zero attached hydrogens (tertiary/aromatic N) is 2. The predicted octanol–water partition coefficient (Wildman–Crippen LogP) is 2.48. The van der Waals surface area contributed by atoms with Crippen LogP contribution in [0.15, 0.2) is 18.2 Å². The standard InChI is InChI=1S/C14H18N2O/c1-11-3-6-14(12(9-11)10-15)16(7-8-17-2)13-4-5-13/h3,6,9,13H,4-5,7-8H2,1-2H3. The molecule has 17 heavy (non-hydrogen) atoms.